The van der Waals surface area contributed by atoms with E-state index in [4.69, 9.17) is 28.3 Å². The number of halogens is 2. The van der Waals surface area contributed by atoms with Gasteiger partial charge >= 0.3 is 0 Å². The Morgan fingerprint density at radius 1 is 1.19 bits per heavy atom. The van der Waals surface area contributed by atoms with Crippen LogP contribution in [-0.4, -0.2) is 32.6 Å². The molecule has 2 aromatic rings. The van der Waals surface area contributed by atoms with Crippen LogP contribution in [0, 0.1) is 13.8 Å². The topological polar surface area (TPSA) is 65.6 Å². The summed E-state index contributed by atoms with van der Waals surface area (Å²) in [5, 5.41) is 29.6. The molecule has 0 aliphatic carbocycles. The fourth-order valence-corrected chi connectivity index (χ4v) is 2.81. The summed E-state index contributed by atoms with van der Waals surface area (Å²) in [6, 6.07) is 7.08. The van der Waals surface area contributed by atoms with Gasteiger partial charge in [-0.05, 0) is 32.0 Å². The second-order valence-electron chi connectivity index (χ2n) is 4.93. The highest BCUT2D eigenvalue weighted by atomic mass is 35.5. The average molecular weight is 330 g/mol. The van der Waals surface area contributed by atoms with Gasteiger partial charge in [0, 0.05) is 17.0 Å². The molecular weight excluding hydrogens is 313 g/mol. The second kappa shape index (κ2) is 6.38. The van der Waals surface area contributed by atoms with Crippen LogP contribution in [0.1, 0.15) is 23.1 Å². The van der Waals surface area contributed by atoms with Crippen LogP contribution in [0.2, 0.25) is 10.0 Å². The molecule has 1 aromatic heterocycles. The molecule has 2 rings (SSSR count). The quantitative estimate of drug-likeness (QED) is 0.808. The summed E-state index contributed by atoms with van der Waals surface area (Å²) in [4.78, 5) is 0. The van der Waals surface area contributed by atoms with Gasteiger partial charge in [0.25, 0.3) is 0 Å². The van der Waals surface area contributed by atoms with Crippen molar-refractivity contribution >= 4 is 23.2 Å². The van der Waals surface area contributed by atoms with Crippen LogP contribution < -0.4 is 0 Å². The van der Waals surface area contributed by atoms with Crippen molar-refractivity contribution in [3.8, 4) is 5.69 Å². The first kappa shape index (κ1) is 16.3. The molecule has 0 spiro atoms. The van der Waals surface area contributed by atoms with Gasteiger partial charge in [-0.15, -0.1) is 0 Å². The van der Waals surface area contributed by atoms with Gasteiger partial charge in [-0.2, -0.15) is 0 Å². The maximum absolute atomic E-state index is 10.1. The molecule has 2 unspecified atom stereocenters. The minimum Gasteiger partial charge on any atom is -0.394 e. The summed E-state index contributed by atoms with van der Waals surface area (Å²) in [5.74, 6) is 0. The van der Waals surface area contributed by atoms with Crippen LogP contribution in [0.3, 0.4) is 0 Å². The van der Waals surface area contributed by atoms with Crippen LogP contribution in [0.4, 0.5) is 0 Å². The number of nitrogens with zero attached hydrogens (tertiary/aromatic N) is 1. The number of rotatable bonds is 4. The van der Waals surface area contributed by atoms with Crippen LogP contribution in [0.15, 0.2) is 24.3 Å². The van der Waals surface area contributed by atoms with Crippen molar-refractivity contribution in [1.29, 1.82) is 0 Å². The largest absolute Gasteiger partial charge is 0.394 e. The molecule has 0 aliphatic heterocycles. The summed E-state index contributed by atoms with van der Waals surface area (Å²) in [6.07, 6.45) is -2.39. The maximum Gasteiger partial charge on any atom is 0.109 e. The highest BCUT2D eigenvalue weighted by Gasteiger charge is 2.23. The third kappa shape index (κ3) is 2.96. The molecule has 21 heavy (non-hydrogen) atoms. The monoisotopic (exact) mass is 329 g/mol. The first-order valence-corrected chi connectivity index (χ1v) is 7.24. The minimum absolute atomic E-state index is 0.421. The number of aliphatic hydroxyl groups excluding tert-OH is 3. The first-order chi connectivity index (χ1) is 9.88. The summed E-state index contributed by atoms with van der Waals surface area (Å²) >= 11 is 12.3. The molecule has 0 aliphatic rings. The Bertz CT molecular complexity index is 655. The molecule has 6 heteroatoms. The Balaban J connectivity index is 2.57. The fraction of sp³-hybridized carbons (Fsp3) is 0.333. The van der Waals surface area contributed by atoms with Crippen molar-refractivity contribution in [2.75, 3.05) is 6.61 Å². The highest BCUT2D eigenvalue weighted by molar-refractivity contribution is 6.43. The zero-order chi connectivity index (χ0) is 15.7. The molecule has 2 atom stereocenters. The van der Waals surface area contributed by atoms with Gasteiger partial charge < -0.3 is 19.9 Å². The number of benzene rings is 1. The fourth-order valence-electron chi connectivity index (χ4n) is 2.43. The van der Waals surface area contributed by atoms with Gasteiger partial charge in [0.05, 0.1) is 22.3 Å². The van der Waals surface area contributed by atoms with E-state index >= 15 is 0 Å². The van der Waals surface area contributed by atoms with E-state index < -0.39 is 18.8 Å². The molecule has 0 saturated carbocycles. The van der Waals surface area contributed by atoms with Crippen molar-refractivity contribution < 1.29 is 15.3 Å². The van der Waals surface area contributed by atoms with Crippen LogP contribution >= 0.6 is 23.2 Å². The summed E-state index contributed by atoms with van der Waals surface area (Å²) in [5.41, 5.74) is 2.83. The number of hydrogen-bond donors (Lipinski definition) is 3. The smallest absolute Gasteiger partial charge is 0.109 e. The van der Waals surface area contributed by atoms with E-state index in [1.807, 2.05) is 24.5 Å². The van der Waals surface area contributed by atoms with E-state index in [2.05, 4.69) is 0 Å². The van der Waals surface area contributed by atoms with Gasteiger partial charge in [-0.1, -0.05) is 29.3 Å². The van der Waals surface area contributed by atoms with Crippen molar-refractivity contribution in [2.45, 2.75) is 26.1 Å². The molecule has 114 valence electrons. The average Bonchev–Trinajstić information content (AvgIpc) is 2.75. The van der Waals surface area contributed by atoms with Crippen LogP contribution in [-0.2, 0) is 0 Å². The Labute approximate surface area is 133 Å². The zero-order valence-electron chi connectivity index (χ0n) is 11.7. The lowest BCUT2D eigenvalue weighted by atomic mass is 10.1. The minimum atomic E-state index is -1.23. The highest BCUT2D eigenvalue weighted by Crippen LogP contribution is 2.33. The standard InChI is InChI=1S/C15H17Cl2NO3/c1-8-6-10(15(21)13(20)7-19)9(2)18(8)12-5-3-4-11(16)14(12)17/h3-6,13,15,19-21H,7H2,1-2H3. The molecule has 0 bridgehead atoms. The lowest BCUT2D eigenvalue weighted by Crippen LogP contribution is -2.22. The molecule has 0 amide bonds. The number of aliphatic hydroxyl groups is 3. The number of aromatic nitrogens is 1. The predicted octanol–water partition coefficient (Wildman–Crippen LogP) is 2.79. The van der Waals surface area contributed by atoms with Crippen molar-refractivity contribution in [1.82, 2.24) is 4.57 Å². The predicted molar refractivity (Wildman–Crippen MR) is 83.3 cm³/mol. The second-order valence-corrected chi connectivity index (χ2v) is 5.71. The maximum atomic E-state index is 10.1. The van der Waals surface area contributed by atoms with E-state index in [1.54, 1.807) is 18.2 Å². The van der Waals surface area contributed by atoms with E-state index in [1.165, 1.54) is 0 Å². The van der Waals surface area contributed by atoms with Crippen LogP contribution in [0.25, 0.3) is 5.69 Å². The molecule has 1 aromatic carbocycles. The third-order valence-corrected chi connectivity index (χ3v) is 4.32. The van der Waals surface area contributed by atoms with Gasteiger partial charge in [0.1, 0.15) is 12.2 Å². The molecular formula is C15H17Cl2NO3. The van der Waals surface area contributed by atoms with Gasteiger partial charge in [-0.3, -0.25) is 0 Å². The van der Waals surface area contributed by atoms with E-state index in [9.17, 15) is 10.2 Å². The van der Waals surface area contributed by atoms with E-state index in [0.717, 1.165) is 11.4 Å². The Hall–Kier alpha value is -1.04. The molecule has 4 nitrogen and oxygen atoms in total. The Kier molecular flexibility index (Phi) is 4.96. The van der Waals surface area contributed by atoms with E-state index in [0.29, 0.717) is 21.3 Å². The summed E-state index contributed by atoms with van der Waals surface area (Å²) in [6.45, 7) is 3.17. The normalized spacial score (nSPS) is 14.2. The molecule has 0 radical (unpaired) electrons. The molecule has 0 saturated heterocycles. The first-order valence-electron chi connectivity index (χ1n) is 6.48. The lowest BCUT2D eigenvalue weighted by molar-refractivity contribution is -0.0155. The van der Waals surface area contributed by atoms with Gasteiger partial charge in [-0.25, -0.2) is 0 Å². The SMILES string of the molecule is Cc1cc(C(O)C(O)CO)c(C)n1-c1cccc(Cl)c1Cl. The number of aryl methyl sites for hydroxylation is 1. The lowest BCUT2D eigenvalue weighted by Gasteiger charge is -2.17. The van der Waals surface area contributed by atoms with Crippen LogP contribution in [0.5, 0.6) is 0 Å². The third-order valence-electron chi connectivity index (χ3n) is 3.51. The Morgan fingerprint density at radius 2 is 1.86 bits per heavy atom. The van der Waals surface area contributed by atoms with E-state index in [-0.39, 0.29) is 0 Å². The van der Waals surface area contributed by atoms with Crippen molar-refractivity contribution in [2.24, 2.45) is 0 Å². The zero-order valence-corrected chi connectivity index (χ0v) is 13.2. The molecule has 1 heterocycles. The number of hydrogen-bond acceptors (Lipinski definition) is 3. The van der Waals surface area contributed by atoms with Gasteiger partial charge in [0.15, 0.2) is 0 Å². The van der Waals surface area contributed by atoms with Gasteiger partial charge in [0.2, 0.25) is 0 Å². The van der Waals surface area contributed by atoms with Crippen molar-refractivity contribution in [3.05, 3.63) is 51.3 Å². The molecule has 3 N–H and O–H groups in total. The molecule has 0 fully saturated rings. The van der Waals surface area contributed by atoms with Crippen molar-refractivity contribution in [3.63, 3.8) is 0 Å². The summed E-state index contributed by atoms with van der Waals surface area (Å²) in [7, 11) is 0. The Morgan fingerprint density at radius 3 is 2.48 bits per heavy atom. The summed E-state index contributed by atoms with van der Waals surface area (Å²) < 4.78 is 1.86.